The first-order valence-electron chi connectivity index (χ1n) is 6.24. The highest BCUT2D eigenvalue weighted by atomic mass is 35.5. The highest BCUT2D eigenvalue weighted by Crippen LogP contribution is 2.21. The molecule has 0 aliphatic heterocycles. The van der Waals surface area contributed by atoms with Crippen molar-refractivity contribution in [2.24, 2.45) is 0 Å². The number of hydrogen-bond acceptors (Lipinski definition) is 3. The number of benzene rings is 2. The molecule has 0 fully saturated rings. The molecule has 0 saturated heterocycles. The summed E-state index contributed by atoms with van der Waals surface area (Å²) < 4.78 is 13.6. The van der Waals surface area contributed by atoms with Gasteiger partial charge in [0.2, 0.25) is 5.91 Å². The fourth-order valence-corrected chi connectivity index (χ4v) is 2.09. The predicted octanol–water partition coefficient (Wildman–Crippen LogP) is 2.63. The number of phenolic OH excluding ortho intramolecular Hbond substituents is 1. The topological polar surface area (TPSA) is 75.3 Å². The van der Waals surface area contributed by atoms with Crippen molar-refractivity contribution in [3.8, 4) is 5.75 Å². The lowest BCUT2D eigenvalue weighted by atomic mass is 10.1. The molecule has 6 heteroatoms. The molecule has 4 nitrogen and oxygen atoms in total. The lowest BCUT2D eigenvalue weighted by Gasteiger charge is -2.09. The zero-order valence-corrected chi connectivity index (χ0v) is 11.8. The fraction of sp³-hybridized carbons (Fsp3) is 0.133. The van der Waals surface area contributed by atoms with E-state index in [1.165, 1.54) is 24.3 Å². The van der Waals surface area contributed by atoms with Gasteiger partial charge in [-0.2, -0.15) is 0 Å². The van der Waals surface area contributed by atoms with Crippen molar-refractivity contribution in [3.63, 3.8) is 0 Å². The van der Waals surface area contributed by atoms with Crippen LogP contribution in [-0.2, 0) is 17.8 Å². The number of nitrogen functional groups attached to an aromatic ring is 1. The van der Waals surface area contributed by atoms with Crippen molar-refractivity contribution >= 4 is 23.2 Å². The van der Waals surface area contributed by atoms with E-state index in [0.29, 0.717) is 11.3 Å². The molecule has 0 aromatic heterocycles. The number of aromatic hydroxyl groups is 1. The quantitative estimate of drug-likeness (QED) is 0.600. The second-order valence-corrected chi connectivity index (χ2v) is 4.95. The number of carbonyl (C=O) groups excluding carboxylic acids is 1. The maximum atomic E-state index is 13.6. The van der Waals surface area contributed by atoms with E-state index in [-0.39, 0.29) is 29.3 Å². The Morgan fingerprint density at radius 2 is 2.10 bits per heavy atom. The lowest BCUT2D eigenvalue weighted by molar-refractivity contribution is -0.120. The molecule has 0 spiro atoms. The smallest absolute Gasteiger partial charge is 0.224 e. The van der Waals surface area contributed by atoms with Gasteiger partial charge in [0.1, 0.15) is 11.6 Å². The Morgan fingerprint density at radius 3 is 2.81 bits per heavy atom. The van der Waals surface area contributed by atoms with Gasteiger partial charge in [0, 0.05) is 28.4 Å². The van der Waals surface area contributed by atoms with Crippen LogP contribution in [0.3, 0.4) is 0 Å². The van der Waals surface area contributed by atoms with E-state index in [0.717, 1.165) is 0 Å². The summed E-state index contributed by atoms with van der Waals surface area (Å²) in [6.07, 6.45) is -0.172. The van der Waals surface area contributed by atoms with Crippen LogP contribution in [0.2, 0.25) is 5.02 Å². The average Bonchev–Trinajstić information content (AvgIpc) is 2.44. The summed E-state index contributed by atoms with van der Waals surface area (Å²) in [7, 11) is 0. The van der Waals surface area contributed by atoms with Crippen LogP contribution in [0.25, 0.3) is 0 Å². The molecule has 2 rings (SSSR count). The van der Waals surface area contributed by atoms with E-state index in [1.54, 1.807) is 12.1 Å². The van der Waals surface area contributed by atoms with Gasteiger partial charge < -0.3 is 16.2 Å². The largest absolute Gasteiger partial charge is 0.508 e. The third-order valence-corrected chi connectivity index (χ3v) is 3.33. The monoisotopic (exact) mass is 308 g/mol. The number of anilines is 1. The standard InChI is InChI=1S/C15H14ClFN2O2/c16-12-2-1-3-13(17)11(12)7-15(21)19-8-9-6-10(18)4-5-14(9)20/h1-6,20H,7-8,18H2,(H,19,21). The summed E-state index contributed by atoms with van der Waals surface area (Å²) in [5.74, 6) is -0.887. The second kappa shape index (κ2) is 6.45. The molecule has 0 saturated carbocycles. The van der Waals surface area contributed by atoms with Crippen LogP contribution in [0.5, 0.6) is 5.75 Å². The minimum absolute atomic E-state index is 0.0356. The van der Waals surface area contributed by atoms with E-state index >= 15 is 0 Å². The molecule has 0 aliphatic carbocycles. The molecule has 0 heterocycles. The normalized spacial score (nSPS) is 10.4. The van der Waals surface area contributed by atoms with Crippen LogP contribution in [0.15, 0.2) is 36.4 Å². The van der Waals surface area contributed by atoms with Crippen molar-refractivity contribution in [3.05, 3.63) is 58.4 Å². The maximum absolute atomic E-state index is 13.6. The van der Waals surface area contributed by atoms with Gasteiger partial charge in [0.05, 0.1) is 6.42 Å². The summed E-state index contributed by atoms with van der Waals surface area (Å²) in [5, 5.41) is 12.4. The van der Waals surface area contributed by atoms with E-state index in [9.17, 15) is 14.3 Å². The average molecular weight is 309 g/mol. The van der Waals surface area contributed by atoms with Gasteiger partial charge in [-0.25, -0.2) is 4.39 Å². The fourth-order valence-electron chi connectivity index (χ4n) is 1.87. The van der Waals surface area contributed by atoms with E-state index in [1.807, 2.05) is 0 Å². The first-order chi connectivity index (χ1) is 9.97. The van der Waals surface area contributed by atoms with Gasteiger partial charge in [-0.1, -0.05) is 17.7 Å². The Kier molecular flexibility index (Phi) is 4.65. The third-order valence-electron chi connectivity index (χ3n) is 2.98. The van der Waals surface area contributed by atoms with Gasteiger partial charge in [-0.05, 0) is 30.3 Å². The first kappa shape index (κ1) is 15.1. The Bertz CT molecular complexity index is 656. The molecule has 0 unspecified atom stereocenters. The number of nitrogens with one attached hydrogen (secondary N) is 1. The van der Waals surface area contributed by atoms with Crippen molar-refractivity contribution in [2.75, 3.05) is 5.73 Å². The molecule has 4 N–H and O–H groups in total. The van der Waals surface area contributed by atoms with E-state index in [2.05, 4.69) is 5.32 Å². The summed E-state index contributed by atoms with van der Waals surface area (Å²) in [6.45, 7) is 0.0990. The van der Waals surface area contributed by atoms with Crippen molar-refractivity contribution in [1.29, 1.82) is 0 Å². The molecular weight excluding hydrogens is 295 g/mol. The zero-order valence-electron chi connectivity index (χ0n) is 11.1. The van der Waals surface area contributed by atoms with Gasteiger partial charge in [-0.15, -0.1) is 0 Å². The maximum Gasteiger partial charge on any atom is 0.224 e. The molecule has 110 valence electrons. The molecule has 2 aromatic rings. The van der Waals surface area contributed by atoms with Crippen LogP contribution in [0.4, 0.5) is 10.1 Å². The molecule has 0 aliphatic rings. The van der Waals surface area contributed by atoms with Crippen molar-refractivity contribution in [1.82, 2.24) is 5.32 Å². The predicted molar refractivity (Wildman–Crippen MR) is 79.5 cm³/mol. The summed E-state index contributed by atoms with van der Waals surface area (Å²) in [6, 6.07) is 8.81. The number of halogens is 2. The number of carbonyl (C=O) groups is 1. The van der Waals surface area contributed by atoms with Crippen molar-refractivity contribution in [2.45, 2.75) is 13.0 Å². The number of rotatable bonds is 4. The van der Waals surface area contributed by atoms with Gasteiger partial charge in [-0.3, -0.25) is 4.79 Å². The Hall–Kier alpha value is -2.27. The molecule has 21 heavy (non-hydrogen) atoms. The highest BCUT2D eigenvalue weighted by molar-refractivity contribution is 6.31. The molecule has 0 radical (unpaired) electrons. The molecule has 1 amide bonds. The minimum Gasteiger partial charge on any atom is -0.508 e. The Labute approximate surface area is 126 Å². The number of nitrogens with two attached hydrogens (primary N) is 1. The Balaban J connectivity index is 2.01. The molecular formula is C15H14ClFN2O2. The zero-order chi connectivity index (χ0) is 15.4. The number of phenols is 1. The van der Waals surface area contributed by atoms with Gasteiger partial charge in [0.25, 0.3) is 0 Å². The SMILES string of the molecule is Nc1ccc(O)c(CNC(=O)Cc2c(F)cccc2Cl)c1. The molecule has 0 atom stereocenters. The highest BCUT2D eigenvalue weighted by Gasteiger charge is 2.12. The van der Waals surface area contributed by atoms with Gasteiger partial charge >= 0.3 is 0 Å². The van der Waals surface area contributed by atoms with Crippen LogP contribution in [-0.4, -0.2) is 11.0 Å². The van der Waals surface area contributed by atoms with Crippen LogP contribution >= 0.6 is 11.6 Å². The molecule has 2 aromatic carbocycles. The van der Waals surface area contributed by atoms with E-state index < -0.39 is 11.7 Å². The third kappa shape index (κ3) is 3.86. The summed E-state index contributed by atoms with van der Waals surface area (Å²) >= 11 is 5.86. The summed E-state index contributed by atoms with van der Waals surface area (Å²) in [4.78, 5) is 11.8. The van der Waals surface area contributed by atoms with E-state index in [4.69, 9.17) is 17.3 Å². The first-order valence-corrected chi connectivity index (χ1v) is 6.62. The number of amides is 1. The minimum atomic E-state index is -0.524. The van der Waals surface area contributed by atoms with Crippen LogP contribution < -0.4 is 11.1 Å². The summed E-state index contributed by atoms with van der Waals surface area (Å²) in [5.41, 5.74) is 6.72. The molecule has 0 bridgehead atoms. The lowest BCUT2D eigenvalue weighted by Crippen LogP contribution is -2.25. The van der Waals surface area contributed by atoms with Gasteiger partial charge in [0.15, 0.2) is 0 Å². The second-order valence-electron chi connectivity index (χ2n) is 4.54. The van der Waals surface area contributed by atoms with Crippen molar-refractivity contribution < 1.29 is 14.3 Å². The van der Waals surface area contributed by atoms with Crippen LogP contribution in [0, 0.1) is 5.82 Å². The Morgan fingerprint density at radius 1 is 1.33 bits per heavy atom. The van der Waals surface area contributed by atoms with Crippen LogP contribution in [0.1, 0.15) is 11.1 Å². The number of hydrogen-bond donors (Lipinski definition) is 3.